The van der Waals surface area contributed by atoms with Gasteiger partial charge in [0.05, 0.1) is 0 Å². The fraction of sp³-hybridized carbons (Fsp3) is 0.538. The van der Waals surface area contributed by atoms with Crippen LogP contribution >= 0.6 is 0 Å². The Bertz CT molecular complexity index is 293. The van der Waals surface area contributed by atoms with E-state index in [0.717, 1.165) is 6.54 Å². The van der Waals surface area contributed by atoms with Crippen molar-refractivity contribution in [3.63, 3.8) is 0 Å². The molecule has 0 bridgehead atoms. The largest absolute Gasteiger partial charge is 0.385 e. The topological polar surface area (TPSA) is 15.3 Å². The highest BCUT2D eigenvalue weighted by Crippen LogP contribution is 2.18. The molecule has 0 aromatic heterocycles. The van der Waals surface area contributed by atoms with Gasteiger partial charge in [0.1, 0.15) is 0 Å². The standard InChI is InChI=1S/C13H22N2/c1-13(2,3)10-14-11-6-8-12(9-7-11)15(4)5/h6-9,14H,10H2,1-5H3. The number of rotatable bonds is 3. The maximum Gasteiger partial charge on any atom is 0.0362 e. The number of hydrogen-bond donors (Lipinski definition) is 1. The first-order valence-corrected chi connectivity index (χ1v) is 5.40. The van der Waals surface area contributed by atoms with Crippen molar-refractivity contribution in [1.29, 1.82) is 0 Å². The van der Waals surface area contributed by atoms with E-state index in [9.17, 15) is 0 Å². The molecule has 1 rings (SSSR count). The molecule has 0 unspecified atom stereocenters. The average Bonchev–Trinajstić information content (AvgIpc) is 2.14. The van der Waals surface area contributed by atoms with E-state index in [1.807, 2.05) is 0 Å². The van der Waals surface area contributed by atoms with E-state index >= 15 is 0 Å². The predicted molar refractivity (Wildman–Crippen MR) is 68.7 cm³/mol. The Morgan fingerprint density at radius 3 is 2.00 bits per heavy atom. The molecule has 0 heterocycles. The van der Waals surface area contributed by atoms with Gasteiger partial charge in [0.25, 0.3) is 0 Å². The SMILES string of the molecule is CN(C)c1ccc(NCC(C)(C)C)cc1. The van der Waals surface area contributed by atoms with Crippen LogP contribution in [0.2, 0.25) is 0 Å². The molecule has 0 amide bonds. The van der Waals surface area contributed by atoms with Gasteiger partial charge in [-0.1, -0.05) is 20.8 Å². The monoisotopic (exact) mass is 206 g/mol. The van der Waals surface area contributed by atoms with Crippen molar-refractivity contribution in [2.45, 2.75) is 20.8 Å². The molecule has 2 nitrogen and oxygen atoms in total. The summed E-state index contributed by atoms with van der Waals surface area (Å²) in [5, 5.41) is 3.43. The van der Waals surface area contributed by atoms with E-state index in [4.69, 9.17) is 0 Å². The maximum absolute atomic E-state index is 3.43. The summed E-state index contributed by atoms with van der Waals surface area (Å²) >= 11 is 0. The van der Waals surface area contributed by atoms with Crippen LogP contribution in [0.15, 0.2) is 24.3 Å². The summed E-state index contributed by atoms with van der Waals surface area (Å²) in [6, 6.07) is 8.51. The van der Waals surface area contributed by atoms with E-state index in [2.05, 4.69) is 69.3 Å². The molecule has 1 aromatic rings. The first-order valence-electron chi connectivity index (χ1n) is 5.40. The highest BCUT2D eigenvalue weighted by Gasteiger charge is 2.08. The Labute approximate surface area is 93.3 Å². The van der Waals surface area contributed by atoms with Gasteiger partial charge in [0.15, 0.2) is 0 Å². The molecular weight excluding hydrogens is 184 g/mol. The van der Waals surface area contributed by atoms with E-state index in [0.29, 0.717) is 5.41 Å². The molecule has 0 aliphatic heterocycles. The van der Waals surface area contributed by atoms with Gasteiger partial charge in [-0.25, -0.2) is 0 Å². The molecule has 84 valence electrons. The number of benzene rings is 1. The second-order valence-electron chi connectivity index (χ2n) is 5.36. The molecule has 0 atom stereocenters. The zero-order valence-electron chi connectivity index (χ0n) is 10.5. The number of hydrogen-bond acceptors (Lipinski definition) is 2. The van der Waals surface area contributed by atoms with E-state index < -0.39 is 0 Å². The van der Waals surface area contributed by atoms with E-state index in [1.54, 1.807) is 0 Å². The maximum atomic E-state index is 3.43. The lowest BCUT2D eigenvalue weighted by molar-refractivity contribution is 0.443. The molecule has 0 spiro atoms. The number of nitrogens with zero attached hydrogens (tertiary/aromatic N) is 1. The zero-order chi connectivity index (χ0) is 11.5. The van der Waals surface area contributed by atoms with E-state index in [-0.39, 0.29) is 0 Å². The van der Waals surface area contributed by atoms with Crippen molar-refractivity contribution < 1.29 is 0 Å². The van der Waals surface area contributed by atoms with Gasteiger partial charge >= 0.3 is 0 Å². The summed E-state index contributed by atoms with van der Waals surface area (Å²) in [6.45, 7) is 7.69. The molecule has 0 radical (unpaired) electrons. The number of nitrogens with one attached hydrogen (secondary N) is 1. The Morgan fingerprint density at radius 1 is 1.07 bits per heavy atom. The molecule has 0 saturated carbocycles. The normalized spacial score (nSPS) is 11.3. The van der Waals surface area contributed by atoms with Gasteiger partial charge in [-0.3, -0.25) is 0 Å². The van der Waals surface area contributed by atoms with Crippen molar-refractivity contribution >= 4 is 11.4 Å². The van der Waals surface area contributed by atoms with Crippen molar-refractivity contribution in [3.8, 4) is 0 Å². The molecule has 1 aromatic carbocycles. The minimum absolute atomic E-state index is 0.320. The minimum atomic E-state index is 0.320. The van der Waals surface area contributed by atoms with Gasteiger partial charge in [-0.2, -0.15) is 0 Å². The fourth-order valence-electron chi connectivity index (χ4n) is 1.24. The highest BCUT2D eigenvalue weighted by molar-refractivity contribution is 5.54. The first-order chi connectivity index (χ1) is 6.88. The van der Waals surface area contributed by atoms with Crippen molar-refractivity contribution in [1.82, 2.24) is 0 Å². The Morgan fingerprint density at radius 2 is 1.60 bits per heavy atom. The molecule has 1 N–H and O–H groups in total. The molecule has 0 saturated heterocycles. The van der Waals surface area contributed by atoms with Gasteiger partial charge in [-0.05, 0) is 29.7 Å². The summed E-state index contributed by atoms with van der Waals surface area (Å²) in [4.78, 5) is 2.10. The molecule has 0 aliphatic rings. The number of anilines is 2. The van der Waals surface area contributed by atoms with Crippen LogP contribution in [-0.4, -0.2) is 20.6 Å². The van der Waals surface area contributed by atoms with Gasteiger partial charge in [-0.15, -0.1) is 0 Å². The molecule has 15 heavy (non-hydrogen) atoms. The second kappa shape index (κ2) is 4.56. The van der Waals surface area contributed by atoms with Crippen LogP contribution in [0.5, 0.6) is 0 Å². The zero-order valence-corrected chi connectivity index (χ0v) is 10.5. The molecule has 0 fully saturated rings. The van der Waals surface area contributed by atoms with Crippen molar-refractivity contribution in [3.05, 3.63) is 24.3 Å². The Kier molecular flexibility index (Phi) is 3.61. The molecule has 0 aliphatic carbocycles. The quantitative estimate of drug-likeness (QED) is 0.817. The summed E-state index contributed by atoms with van der Waals surface area (Å²) in [5.41, 5.74) is 2.74. The lowest BCUT2D eigenvalue weighted by Gasteiger charge is -2.20. The Hall–Kier alpha value is -1.18. The van der Waals surface area contributed by atoms with Crippen LogP contribution in [0.4, 0.5) is 11.4 Å². The van der Waals surface area contributed by atoms with Crippen LogP contribution < -0.4 is 10.2 Å². The van der Waals surface area contributed by atoms with Gasteiger partial charge in [0, 0.05) is 32.0 Å². The minimum Gasteiger partial charge on any atom is -0.385 e. The van der Waals surface area contributed by atoms with Crippen LogP contribution in [0.1, 0.15) is 20.8 Å². The van der Waals surface area contributed by atoms with Crippen LogP contribution in [0.25, 0.3) is 0 Å². The van der Waals surface area contributed by atoms with E-state index in [1.165, 1.54) is 11.4 Å². The molecular formula is C13H22N2. The fourth-order valence-corrected chi connectivity index (χ4v) is 1.24. The predicted octanol–water partition coefficient (Wildman–Crippen LogP) is 3.21. The summed E-state index contributed by atoms with van der Waals surface area (Å²) in [7, 11) is 4.11. The first kappa shape index (κ1) is 11.9. The van der Waals surface area contributed by atoms with Crippen LogP contribution in [0, 0.1) is 5.41 Å². The van der Waals surface area contributed by atoms with Crippen LogP contribution in [0.3, 0.4) is 0 Å². The summed E-state index contributed by atoms with van der Waals surface area (Å²) in [5.74, 6) is 0. The van der Waals surface area contributed by atoms with Gasteiger partial charge < -0.3 is 10.2 Å². The van der Waals surface area contributed by atoms with Gasteiger partial charge in [0.2, 0.25) is 0 Å². The summed E-state index contributed by atoms with van der Waals surface area (Å²) < 4.78 is 0. The van der Waals surface area contributed by atoms with Crippen molar-refractivity contribution in [2.75, 3.05) is 30.9 Å². The molecule has 2 heteroatoms. The third-order valence-corrected chi connectivity index (χ3v) is 2.21. The lowest BCUT2D eigenvalue weighted by Crippen LogP contribution is -2.19. The van der Waals surface area contributed by atoms with Crippen LogP contribution in [-0.2, 0) is 0 Å². The Balaban J connectivity index is 2.57. The average molecular weight is 206 g/mol. The van der Waals surface area contributed by atoms with Crippen molar-refractivity contribution in [2.24, 2.45) is 5.41 Å². The second-order valence-corrected chi connectivity index (χ2v) is 5.36. The third kappa shape index (κ3) is 4.24. The third-order valence-electron chi connectivity index (χ3n) is 2.21. The summed E-state index contributed by atoms with van der Waals surface area (Å²) in [6.07, 6.45) is 0. The highest BCUT2D eigenvalue weighted by atomic mass is 15.1. The smallest absolute Gasteiger partial charge is 0.0362 e. The lowest BCUT2D eigenvalue weighted by atomic mass is 9.97.